The van der Waals surface area contributed by atoms with E-state index in [0.29, 0.717) is 17.3 Å². The van der Waals surface area contributed by atoms with E-state index in [1.165, 1.54) is 32.1 Å². The van der Waals surface area contributed by atoms with Crippen molar-refractivity contribution in [2.75, 3.05) is 11.1 Å². The van der Waals surface area contributed by atoms with Gasteiger partial charge in [0, 0.05) is 11.7 Å². The Morgan fingerprint density at radius 1 is 1.37 bits per heavy atom. The molecule has 1 saturated carbocycles. The topological polar surface area (TPSA) is 75.3 Å². The molecule has 4 nitrogen and oxygen atoms in total. The van der Waals surface area contributed by atoms with E-state index in [1.54, 1.807) is 18.2 Å². The van der Waals surface area contributed by atoms with Crippen LogP contribution in [0.25, 0.3) is 0 Å². The average molecular weight is 262 g/mol. The molecule has 1 fully saturated rings. The molecule has 0 aromatic heterocycles. The Kier molecular flexibility index (Phi) is 4.30. The third kappa shape index (κ3) is 3.40. The SMILES string of the molecule is CC(Nc1cc(N)ccc1C(=O)O)C1CCCCC1. The minimum Gasteiger partial charge on any atom is -0.478 e. The number of hydrogen-bond acceptors (Lipinski definition) is 3. The van der Waals surface area contributed by atoms with E-state index in [2.05, 4.69) is 12.2 Å². The van der Waals surface area contributed by atoms with Crippen molar-refractivity contribution in [1.82, 2.24) is 0 Å². The number of benzene rings is 1. The summed E-state index contributed by atoms with van der Waals surface area (Å²) < 4.78 is 0. The molecule has 4 N–H and O–H groups in total. The fraction of sp³-hybridized carbons (Fsp3) is 0.533. The number of carboxylic acid groups (broad SMARTS) is 1. The molecule has 0 spiro atoms. The van der Waals surface area contributed by atoms with Gasteiger partial charge >= 0.3 is 5.97 Å². The van der Waals surface area contributed by atoms with E-state index >= 15 is 0 Å². The number of carboxylic acids is 1. The molecule has 0 bridgehead atoms. The van der Waals surface area contributed by atoms with Crippen LogP contribution in [0.15, 0.2) is 18.2 Å². The molecule has 0 radical (unpaired) electrons. The molecule has 0 heterocycles. The van der Waals surface area contributed by atoms with Gasteiger partial charge in [-0.15, -0.1) is 0 Å². The molecular formula is C15H22N2O2. The van der Waals surface area contributed by atoms with Crippen LogP contribution < -0.4 is 11.1 Å². The molecule has 4 heteroatoms. The highest BCUT2D eigenvalue weighted by Gasteiger charge is 2.21. The number of aromatic carboxylic acids is 1. The lowest BCUT2D eigenvalue weighted by atomic mass is 9.84. The van der Waals surface area contributed by atoms with Crippen LogP contribution in [0, 0.1) is 5.92 Å². The highest BCUT2D eigenvalue weighted by atomic mass is 16.4. The van der Waals surface area contributed by atoms with E-state index in [-0.39, 0.29) is 11.6 Å². The van der Waals surface area contributed by atoms with Crippen LogP contribution in [-0.2, 0) is 0 Å². The maximum atomic E-state index is 11.2. The fourth-order valence-corrected chi connectivity index (χ4v) is 2.87. The van der Waals surface area contributed by atoms with Gasteiger partial charge in [0.15, 0.2) is 0 Å². The van der Waals surface area contributed by atoms with Crippen LogP contribution in [0.4, 0.5) is 11.4 Å². The molecule has 0 aliphatic heterocycles. The highest BCUT2D eigenvalue weighted by Crippen LogP contribution is 2.29. The van der Waals surface area contributed by atoms with E-state index < -0.39 is 5.97 Å². The summed E-state index contributed by atoms with van der Waals surface area (Å²) in [5.74, 6) is -0.296. The Morgan fingerprint density at radius 2 is 2.05 bits per heavy atom. The quantitative estimate of drug-likeness (QED) is 0.727. The summed E-state index contributed by atoms with van der Waals surface area (Å²) in [6.45, 7) is 2.13. The molecule has 2 rings (SSSR count). The van der Waals surface area contributed by atoms with Crippen molar-refractivity contribution >= 4 is 17.3 Å². The Labute approximate surface area is 114 Å². The summed E-state index contributed by atoms with van der Waals surface area (Å²) in [5.41, 5.74) is 7.25. The van der Waals surface area contributed by atoms with Gasteiger partial charge in [-0.1, -0.05) is 19.3 Å². The van der Waals surface area contributed by atoms with Crippen LogP contribution in [0.2, 0.25) is 0 Å². The standard InChI is InChI=1S/C15H22N2O2/c1-10(11-5-3-2-4-6-11)17-14-9-12(16)7-8-13(14)15(18)19/h7-11,17H,2-6,16H2,1H3,(H,18,19). The molecule has 1 aromatic carbocycles. The van der Waals surface area contributed by atoms with Gasteiger partial charge in [-0.3, -0.25) is 0 Å². The average Bonchev–Trinajstić information content (AvgIpc) is 2.39. The second-order valence-electron chi connectivity index (χ2n) is 5.44. The number of nitrogens with two attached hydrogens (primary N) is 1. The third-order valence-corrected chi connectivity index (χ3v) is 4.01. The van der Waals surface area contributed by atoms with Crippen molar-refractivity contribution in [2.24, 2.45) is 5.92 Å². The normalized spacial score (nSPS) is 17.9. The monoisotopic (exact) mass is 262 g/mol. The van der Waals surface area contributed by atoms with E-state index in [4.69, 9.17) is 5.73 Å². The Bertz CT molecular complexity index is 453. The number of anilines is 2. The molecule has 1 aromatic rings. The van der Waals surface area contributed by atoms with E-state index in [9.17, 15) is 9.90 Å². The molecule has 0 saturated heterocycles. The zero-order valence-corrected chi connectivity index (χ0v) is 11.4. The van der Waals surface area contributed by atoms with Crippen LogP contribution in [-0.4, -0.2) is 17.1 Å². The van der Waals surface area contributed by atoms with Crippen LogP contribution in [0.5, 0.6) is 0 Å². The number of nitrogens with one attached hydrogen (secondary N) is 1. The summed E-state index contributed by atoms with van der Waals surface area (Å²) in [7, 11) is 0. The third-order valence-electron chi connectivity index (χ3n) is 4.01. The van der Waals surface area contributed by atoms with Gasteiger partial charge in [-0.25, -0.2) is 4.79 Å². The molecule has 1 aliphatic carbocycles. The first-order valence-electron chi connectivity index (χ1n) is 6.97. The van der Waals surface area contributed by atoms with Crippen LogP contribution in [0.1, 0.15) is 49.4 Å². The predicted octanol–water partition coefficient (Wildman–Crippen LogP) is 3.35. The molecule has 19 heavy (non-hydrogen) atoms. The summed E-state index contributed by atoms with van der Waals surface area (Å²) >= 11 is 0. The molecule has 1 aliphatic rings. The first kappa shape index (κ1) is 13.7. The molecular weight excluding hydrogens is 240 g/mol. The largest absolute Gasteiger partial charge is 0.478 e. The first-order chi connectivity index (χ1) is 9.08. The van der Waals surface area contributed by atoms with Crippen molar-refractivity contribution in [2.45, 2.75) is 45.1 Å². The highest BCUT2D eigenvalue weighted by molar-refractivity contribution is 5.95. The second-order valence-corrected chi connectivity index (χ2v) is 5.44. The van der Waals surface area contributed by atoms with E-state index in [0.717, 1.165) is 0 Å². The van der Waals surface area contributed by atoms with Crippen LogP contribution in [0.3, 0.4) is 0 Å². The Morgan fingerprint density at radius 3 is 2.68 bits per heavy atom. The van der Waals surface area contributed by atoms with Gasteiger partial charge in [0.05, 0.1) is 11.3 Å². The zero-order valence-electron chi connectivity index (χ0n) is 11.4. The summed E-state index contributed by atoms with van der Waals surface area (Å²) in [6.07, 6.45) is 6.32. The second kappa shape index (κ2) is 5.95. The molecule has 104 valence electrons. The van der Waals surface area contributed by atoms with Crippen LogP contribution >= 0.6 is 0 Å². The van der Waals surface area contributed by atoms with Gasteiger partial charge in [0.2, 0.25) is 0 Å². The molecule has 0 amide bonds. The van der Waals surface area contributed by atoms with Gasteiger partial charge in [0.25, 0.3) is 0 Å². The zero-order chi connectivity index (χ0) is 13.8. The number of carbonyl (C=O) groups is 1. The van der Waals surface area contributed by atoms with Crippen molar-refractivity contribution in [1.29, 1.82) is 0 Å². The molecule has 1 atom stereocenters. The predicted molar refractivity (Wildman–Crippen MR) is 77.5 cm³/mol. The fourth-order valence-electron chi connectivity index (χ4n) is 2.87. The van der Waals surface area contributed by atoms with Crippen molar-refractivity contribution in [3.63, 3.8) is 0 Å². The van der Waals surface area contributed by atoms with Gasteiger partial charge < -0.3 is 16.2 Å². The van der Waals surface area contributed by atoms with Crippen molar-refractivity contribution in [3.8, 4) is 0 Å². The Balaban J connectivity index is 2.12. The number of hydrogen-bond donors (Lipinski definition) is 3. The van der Waals surface area contributed by atoms with Crippen molar-refractivity contribution < 1.29 is 9.90 Å². The summed E-state index contributed by atoms with van der Waals surface area (Å²) in [5, 5.41) is 12.5. The summed E-state index contributed by atoms with van der Waals surface area (Å²) in [4.78, 5) is 11.2. The number of nitrogen functional groups attached to an aromatic ring is 1. The Hall–Kier alpha value is -1.71. The number of rotatable bonds is 4. The van der Waals surface area contributed by atoms with Gasteiger partial charge in [0.1, 0.15) is 0 Å². The lowest BCUT2D eigenvalue weighted by Crippen LogP contribution is -2.28. The maximum absolute atomic E-state index is 11.2. The lowest BCUT2D eigenvalue weighted by Gasteiger charge is -2.29. The minimum absolute atomic E-state index is 0.278. The van der Waals surface area contributed by atoms with Gasteiger partial charge in [-0.05, 0) is 43.9 Å². The maximum Gasteiger partial charge on any atom is 0.337 e. The van der Waals surface area contributed by atoms with Gasteiger partial charge in [-0.2, -0.15) is 0 Å². The smallest absolute Gasteiger partial charge is 0.337 e. The van der Waals surface area contributed by atoms with E-state index in [1.807, 2.05) is 0 Å². The lowest BCUT2D eigenvalue weighted by molar-refractivity contribution is 0.0698. The molecule has 1 unspecified atom stereocenters. The first-order valence-corrected chi connectivity index (χ1v) is 6.97. The minimum atomic E-state index is -0.918. The van der Waals surface area contributed by atoms with Crippen molar-refractivity contribution in [3.05, 3.63) is 23.8 Å². The summed E-state index contributed by atoms with van der Waals surface area (Å²) in [6, 6.07) is 5.18.